The first-order valence-electron chi connectivity index (χ1n) is 8.47. The Morgan fingerprint density at radius 2 is 1.88 bits per heavy atom. The number of carbonyl (C=O) groups excluding carboxylic acids is 1. The van der Waals surface area contributed by atoms with Crippen molar-refractivity contribution >= 4 is 11.6 Å². The molecule has 24 heavy (non-hydrogen) atoms. The lowest BCUT2D eigenvalue weighted by molar-refractivity contribution is -0.916. The molecule has 0 radical (unpaired) electrons. The number of carbonyl (C=O) groups is 1. The van der Waals surface area contributed by atoms with Gasteiger partial charge in [-0.1, -0.05) is 24.3 Å². The fraction of sp³-hybridized carbons (Fsp3) is 0.350. The van der Waals surface area contributed by atoms with Crippen LogP contribution in [0.15, 0.2) is 42.5 Å². The predicted molar refractivity (Wildman–Crippen MR) is 93.5 cm³/mol. The van der Waals surface area contributed by atoms with E-state index in [4.69, 9.17) is 0 Å². The molecule has 1 fully saturated rings. The zero-order valence-corrected chi connectivity index (χ0v) is 14.2. The minimum absolute atomic E-state index is 0.0349. The maximum atomic E-state index is 13.0. The van der Waals surface area contributed by atoms with Crippen molar-refractivity contribution in [2.75, 3.05) is 11.9 Å². The van der Waals surface area contributed by atoms with Crippen molar-refractivity contribution < 1.29 is 14.1 Å². The molecule has 0 aliphatic heterocycles. The molecule has 0 bridgehead atoms. The Balaban J connectivity index is 1.63. The molecule has 2 N–H and O–H groups in total. The molecule has 0 heterocycles. The molecule has 3 nitrogen and oxygen atoms in total. The smallest absolute Gasteiger partial charge is 0.279 e. The highest BCUT2D eigenvalue weighted by atomic mass is 19.1. The van der Waals surface area contributed by atoms with Crippen LogP contribution >= 0.6 is 0 Å². The Morgan fingerprint density at radius 1 is 1.17 bits per heavy atom. The Kier molecular flexibility index (Phi) is 4.95. The lowest BCUT2D eigenvalue weighted by Gasteiger charge is -2.19. The fourth-order valence-electron chi connectivity index (χ4n) is 2.98. The summed E-state index contributed by atoms with van der Waals surface area (Å²) in [7, 11) is 0. The highest BCUT2D eigenvalue weighted by molar-refractivity contribution is 5.92. The summed E-state index contributed by atoms with van der Waals surface area (Å²) < 4.78 is 13.0. The highest BCUT2D eigenvalue weighted by Gasteiger charge is 2.34. The summed E-state index contributed by atoms with van der Waals surface area (Å²) in [6, 6.07) is 13.2. The van der Waals surface area contributed by atoms with Crippen LogP contribution in [0, 0.1) is 19.7 Å². The van der Waals surface area contributed by atoms with Crippen molar-refractivity contribution in [3.63, 3.8) is 0 Å². The third-order valence-electron chi connectivity index (χ3n) is 4.55. The number of amides is 1. The minimum atomic E-state index is -0.223. The van der Waals surface area contributed by atoms with E-state index in [0.29, 0.717) is 12.6 Å². The van der Waals surface area contributed by atoms with Crippen LogP contribution < -0.4 is 10.2 Å². The molecule has 1 aliphatic carbocycles. The molecule has 1 atom stereocenters. The summed E-state index contributed by atoms with van der Waals surface area (Å²) in [6.45, 7) is 5.21. The lowest BCUT2D eigenvalue weighted by Crippen LogP contribution is -3.13. The molecule has 1 saturated carbocycles. The van der Waals surface area contributed by atoms with Gasteiger partial charge in [-0.3, -0.25) is 4.79 Å². The first-order valence-corrected chi connectivity index (χ1v) is 8.47. The molecule has 126 valence electrons. The fourth-order valence-corrected chi connectivity index (χ4v) is 2.98. The van der Waals surface area contributed by atoms with E-state index < -0.39 is 0 Å². The molecule has 1 unspecified atom stereocenters. The Labute approximate surface area is 142 Å². The van der Waals surface area contributed by atoms with Crippen molar-refractivity contribution in [1.82, 2.24) is 0 Å². The van der Waals surface area contributed by atoms with Crippen LogP contribution in [0.2, 0.25) is 0 Å². The number of rotatable bonds is 6. The van der Waals surface area contributed by atoms with Gasteiger partial charge < -0.3 is 10.2 Å². The minimum Gasteiger partial charge on any atom is -0.321 e. The van der Waals surface area contributed by atoms with Gasteiger partial charge in [0.2, 0.25) is 0 Å². The molecule has 4 heteroatoms. The second-order valence-electron chi connectivity index (χ2n) is 6.78. The highest BCUT2D eigenvalue weighted by Crippen LogP contribution is 2.17. The monoisotopic (exact) mass is 327 g/mol. The van der Waals surface area contributed by atoms with E-state index in [-0.39, 0.29) is 11.7 Å². The van der Waals surface area contributed by atoms with E-state index in [9.17, 15) is 9.18 Å². The predicted octanol–water partition coefficient (Wildman–Crippen LogP) is 2.63. The van der Waals surface area contributed by atoms with Gasteiger partial charge in [-0.15, -0.1) is 0 Å². The SMILES string of the molecule is Cc1ccc(C)c(NC(=O)C[NH+](Cc2ccc(F)cc2)C2CC2)c1. The summed E-state index contributed by atoms with van der Waals surface area (Å²) in [5.41, 5.74) is 4.16. The third kappa shape index (κ3) is 4.42. The van der Waals surface area contributed by atoms with E-state index in [2.05, 4.69) is 5.32 Å². The van der Waals surface area contributed by atoms with Crippen molar-refractivity contribution in [1.29, 1.82) is 0 Å². The van der Waals surface area contributed by atoms with Crippen LogP contribution in [0.25, 0.3) is 0 Å². The van der Waals surface area contributed by atoms with E-state index in [1.807, 2.05) is 32.0 Å². The molecule has 3 rings (SSSR count). The molecule has 0 aromatic heterocycles. The van der Waals surface area contributed by atoms with Gasteiger partial charge in [0.15, 0.2) is 6.54 Å². The number of quaternary nitrogens is 1. The van der Waals surface area contributed by atoms with Gasteiger partial charge in [-0.25, -0.2) is 4.39 Å². The molecule has 0 spiro atoms. The number of hydrogen-bond donors (Lipinski definition) is 2. The summed E-state index contributed by atoms with van der Waals surface area (Å²) in [4.78, 5) is 13.7. The topological polar surface area (TPSA) is 33.5 Å². The lowest BCUT2D eigenvalue weighted by atomic mass is 10.1. The van der Waals surface area contributed by atoms with Gasteiger partial charge in [0.25, 0.3) is 5.91 Å². The quantitative estimate of drug-likeness (QED) is 0.840. The number of halogens is 1. The molecule has 0 saturated heterocycles. The van der Waals surface area contributed by atoms with Crippen molar-refractivity contribution in [3.05, 3.63) is 65.0 Å². The summed E-state index contributed by atoms with van der Waals surface area (Å²) in [5.74, 6) is -0.188. The average molecular weight is 327 g/mol. The van der Waals surface area contributed by atoms with Gasteiger partial charge >= 0.3 is 0 Å². The Bertz CT molecular complexity index is 723. The summed E-state index contributed by atoms with van der Waals surface area (Å²) in [6.07, 6.45) is 2.32. The van der Waals surface area contributed by atoms with Gasteiger partial charge in [-0.05, 0) is 43.2 Å². The average Bonchev–Trinajstić information content (AvgIpc) is 3.37. The normalized spacial score (nSPS) is 15.1. The molecular formula is C20H24FN2O+. The van der Waals surface area contributed by atoms with Crippen LogP contribution in [0.1, 0.15) is 29.5 Å². The van der Waals surface area contributed by atoms with Crippen LogP contribution in [-0.4, -0.2) is 18.5 Å². The van der Waals surface area contributed by atoms with E-state index >= 15 is 0 Å². The zero-order valence-electron chi connectivity index (χ0n) is 14.2. The Morgan fingerprint density at radius 3 is 2.54 bits per heavy atom. The van der Waals surface area contributed by atoms with E-state index in [1.165, 1.54) is 17.0 Å². The number of aryl methyl sites for hydroxylation is 2. The van der Waals surface area contributed by atoms with E-state index in [0.717, 1.165) is 41.8 Å². The maximum absolute atomic E-state index is 13.0. The van der Waals surface area contributed by atoms with Crippen molar-refractivity contribution in [2.24, 2.45) is 0 Å². The first kappa shape index (κ1) is 16.7. The van der Waals surface area contributed by atoms with Gasteiger partial charge in [0.1, 0.15) is 12.4 Å². The van der Waals surface area contributed by atoms with Gasteiger partial charge in [0.05, 0.1) is 6.04 Å². The van der Waals surface area contributed by atoms with Crippen LogP contribution in [-0.2, 0) is 11.3 Å². The maximum Gasteiger partial charge on any atom is 0.279 e. The summed E-state index contributed by atoms with van der Waals surface area (Å²) >= 11 is 0. The van der Waals surface area contributed by atoms with Crippen molar-refractivity contribution in [2.45, 2.75) is 39.3 Å². The number of hydrogen-bond acceptors (Lipinski definition) is 1. The molecule has 1 amide bonds. The molecule has 2 aromatic carbocycles. The third-order valence-corrected chi connectivity index (χ3v) is 4.55. The molecule has 2 aromatic rings. The van der Waals surface area contributed by atoms with Crippen LogP contribution in [0.4, 0.5) is 10.1 Å². The molecular weight excluding hydrogens is 303 g/mol. The van der Waals surface area contributed by atoms with Crippen molar-refractivity contribution in [3.8, 4) is 0 Å². The largest absolute Gasteiger partial charge is 0.321 e. The van der Waals surface area contributed by atoms with Gasteiger partial charge in [0, 0.05) is 24.1 Å². The van der Waals surface area contributed by atoms with Gasteiger partial charge in [-0.2, -0.15) is 0 Å². The van der Waals surface area contributed by atoms with Crippen LogP contribution in [0.3, 0.4) is 0 Å². The van der Waals surface area contributed by atoms with E-state index in [1.54, 1.807) is 12.1 Å². The number of nitrogens with one attached hydrogen (secondary N) is 2. The standard InChI is InChI=1S/C20H23FN2O/c1-14-3-4-15(2)19(11-14)22-20(24)13-23(18-9-10-18)12-16-5-7-17(21)8-6-16/h3-8,11,18H,9-10,12-13H2,1-2H3,(H,22,24)/p+1. The van der Waals surface area contributed by atoms with Crippen LogP contribution in [0.5, 0.6) is 0 Å². The Hall–Kier alpha value is -2.20. The number of anilines is 1. The first-order chi connectivity index (χ1) is 11.5. The second-order valence-corrected chi connectivity index (χ2v) is 6.78. The second kappa shape index (κ2) is 7.14. The zero-order chi connectivity index (χ0) is 17.1. The number of benzene rings is 2. The molecule has 1 aliphatic rings. The summed E-state index contributed by atoms with van der Waals surface area (Å²) in [5, 5.41) is 3.04.